The normalized spacial score (nSPS) is 14.7. The van der Waals surface area contributed by atoms with Crippen LogP contribution in [0.3, 0.4) is 0 Å². The molecule has 1 heterocycles. The van der Waals surface area contributed by atoms with E-state index in [1.165, 1.54) is 16.9 Å². The molecule has 1 amide bonds. The fraction of sp³-hybridized carbons (Fsp3) is 0.364. The Morgan fingerprint density at radius 3 is 2.45 bits per heavy atom. The summed E-state index contributed by atoms with van der Waals surface area (Å²) >= 11 is 1.27. The van der Waals surface area contributed by atoms with Crippen molar-refractivity contribution in [3.63, 3.8) is 0 Å². The number of rotatable bonds is 8. The van der Waals surface area contributed by atoms with Gasteiger partial charge in [-0.3, -0.25) is 4.79 Å². The predicted octanol–water partition coefficient (Wildman–Crippen LogP) is 2.67. The van der Waals surface area contributed by atoms with Gasteiger partial charge in [0, 0.05) is 6.54 Å². The van der Waals surface area contributed by atoms with E-state index in [2.05, 4.69) is 41.5 Å². The highest BCUT2D eigenvalue weighted by atomic mass is 32.1. The number of thiazole rings is 1. The maximum atomic E-state index is 12.5. The molecule has 0 fully saturated rings. The summed E-state index contributed by atoms with van der Waals surface area (Å²) in [6, 6.07) is 15.7. The zero-order valence-corrected chi connectivity index (χ0v) is 17.7. The summed E-state index contributed by atoms with van der Waals surface area (Å²) in [5, 5.41) is 23.9. The first kappa shape index (κ1) is 21.4. The average Bonchev–Trinajstić information content (AvgIpc) is 3.17. The summed E-state index contributed by atoms with van der Waals surface area (Å²) in [7, 11) is 3.88. The largest absolute Gasteiger partial charge is 0.383 e. The Hall–Kier alpha value is -2.32. The Bertz CT molecular complexity index is 922. The highest BCUT2D eigenvalue weighted by Crippen LogP contribution is 2.28. The minimum atomic E-state index is -1.58. The molecular formula is C22H27N3O3S. The van der Waals surface area contributed by atoms with E-state index in [-0.39, 0.29) is 6.04 Å². The zero-order valence-electron chi connectivity index (χ0n) is 16.9. The summed E-state index contributed by atoms with van der Waals surface area (Å²) in [6.07, 6.45) is -1.98. The lowest BCUT2D eigenvalue weighted by Crippen LogP contribution is -2.42. The number of aliphatic hydroxyl groups excluding tert-OH is 2. The number of aliphatic hydroxyl groups is 2. The molecule has 29 heavy (non-hydrogen) atoms. The van der Waals surface area contributed by atoms with Crippen molar-refractivity contribution in [3.8, 4) is 0 Å². The molecule has 0 aliphatic heterocycles. The van der Waals surface area contributed by atoms with Gasteiger partial charge in [0.15, 0.2) is 6.10 Å². The van der Waals surface area contributed by atoms with Crippen LogP contribution < -0.4 is 5.32 Å². The number of likely N-dealkylation sites (N-methyl/N-ethyl adjacent to an activating group) is 1. The minimum absolute atomic E-state index is 0.0448. The quantitative estimate of drug-likeness (QED) is 0.529. The number of nitrogens with one attached hydrogen (secondary N) is 1. The van der Waals surface area contributed by atoms with E-state index < -0.39 is 18.1 Å². The van der Waals surface area contributed by atoms with Crippen molar-refractivity contribution < 1.29 is 15.0 Å². The molecule has 2 aromatic carbocycles. The lowest BCUT2D eigenvalue weighted by Gasteiger charge is -2.26. The summed E-state index contributed by atoms with van der Waals surface area (Å²) in [5.41, 5.74) is 3.07. The van der Waals surface area contributed by atoms with Crippen molar-refractivity contribution in [1.29, 1.82) is 0 Å². The van der Waals surface area contributed by atoms with Gasteiger partial charge in [-0.05, 0) is 43.8 Å². The molecule has 3 atom stereocenters. The van der Waals surface area contributed by atoms with Crippen LogP contribution in [0.4, 0.5) is 0 Å². The lowest BCUT2D eigenvalue weighted by atomic mass is 10.0. The number of carbonyl (C=O) groups excluding carboxylic acids is 1. The van der Waals surface area contributed by atoms with Crippen molar-refractivity contribution in [2.75, 3.05) is 20.6 Å². The van der Waals surface area contributed by atoms with Crippen LogP contribution in [-0.4, -0.2) is 52.7 Å². The molecule has 1 aromatic heterocycles. The predicted molar refractivity (Wildman–Crippen MR) is 116 cm³/mol. The van der Waals surface area contributed by atoms with Crippen LogP contribution in [0.25, 0.3) is 10.2 Å². The molecule has 3 rings (SSSR count). The van der Waals surface area contributed by atoms with E-state index in [0.29, 0.717) is 11.6 Å². The second kappa shape index (κ2) is 9.45. The van der Waals surface area contributed by atoms with Crippen LogP contribution in [0, 0.1) is 0 Å². The lowest BCUT2D eigenvalue weighted by molar-refractivity contribution is -0.135. The highest BCUT2D eigenvalue weighted by Gasteiger charge is 2.29. The Balaban J connectivity index is 1.65. The molecule has 154 valence electrons. The SMILES string of the molecule is CCc1ccc(C(CNC(=O)C(O)C(O)c2nc3ccccc3s2)N(C)C)cc1. The van der Waals surface area contributed by atoms with E-state index >= 15 is 0 Å². The smallest absolute Gasteiger partial charge is 0.252 e. The molecular weight excluding hydrogens is 386 g/mol. The molecule has 0 saturated heterocycles. The van der Waals surface area contributed by atoms with E-state index in [1.54, 1.807) is 0 Å². The summed E-state index contributed by atoms with van der Waals surface area (Å²) in [4.78, 5) is 18.8. The third kappa shape index (κ3) is 5.00. The second-order valence-electron chi connectivity index (χ2n) is 7.23. The Morgan fingerprint density at radius 1 is 1.14 bits per heavy atom. The molecule has 0 spiro atoms. The molecule has 3 aromatic rings. The molecule has 3 N–H and O–H groups in total. The molecule has 7 heteroatoms. The van der Waals surface area contributed by atoms with E-state index in [9.17, 15) is 15.0 Å². The average molecular weight is 414 g/mol. The van der Waals surface area contributed by atoms with E-state index in [1.807, 2.05) is 43.3 Å². The standard InChI is InChI=1S/C22H27N3O3S/c1-4-14-9-11-15(12-10-14)17(25(2)3)13-23-21(28)19(26)20(27)22-24-16-7-5-6-8-18(16)29-22/h5-12,17,19-20,26-27H,4,13H2,1-3H3,(H,23,28). The van der Waals surface area contributed by atoms with Crippen LogP contribution in [0.1, 0.15) is 35.2 Å². The highest BCUT2D eigenvalue weighted by molar-refractivity contribution is 7.18. The maximum Gasteiger partial charge on any atom is 0.252 e. The molecule has 0 aliphatic rings. The fourth-order valence-electron chi connectivity index (χ4n) is 3.17. The Labute approximate surface area is 174 Å². The summed E-state index contributed by atoms with van der Waals surface area (Å²) < 4.78 is 0.900. The maximum absolute atomic E-state index is 12.5. The number of para-hydroxylation sites is 1. The third-order valence-electron chi connectivity index (χ3n) is 5.00. The van der Waals surface area contributed by atoms with Crippen LogP contribution in [-0.2, 0) is 11.2 Å². The van der Waals surface area contributed by atoms with Gasteiger partial charge in [0.05, 0.1) is 16.3 Å². The first-order valence-corrected chi connectivity index (χ1v) is 10.5. The van der Waals surface area contributed by atoms with Gasteiger partial charge in [-0.2, -0.15) is 0 Å². The van der Waals surface area contributed by atoms with Gasteiger partial charge in [-0.25, -0.2) is 4.98 Å². The van der Waals surface area contributed by atoms with Gasteiger partial charge in [0.2, 0.25) is 0 Å². The fourth-order valence-corrected chi connectivity index (χ4v) is 4.15. The number of hydrogen-bond donors (Lipinski definition) is 3. The van der Waals surface area contributed by atoms with Crippen molar-refractivity contribution >= 4 is 27.5 Å². The Morgan fingerprint density at radius 2 is 1.83 bits per heavy atom. The number of nitrogens with zero attached hydrogens (tertiary/aromatic N) is 2. The van der Waals surface area contributed by atoms with Crippen LogP contribution >= 0.6 is 11.3 Å². The second-order valence-corrected chi connectivity index (χ2v) is 8.29. The minimum Gasteiger partial charge on any atom is -0.383 e. The molecule has 0 bridgehead atoms. The first-order valence-electron chi connectivity index (χ1n) is 9.65. The topological polar surface area (TPSA) is 85.7 Å². The van der Waals surface area contributed by atoms with E-state index in [0.717, 1.165) is 22.2 Å². The third-order valence-corrected chi connectivity index (χ3v) is 6.10. The molecule has 0 radical (unpaired) electrons. The first-order chi connectivity index (χ1) is 13.9. The van der Waals surface area contributed by atoms with E-state index in [4.69, 9.17) is 0 Å². The number of aromatic nitrogens is 1. The van der Waals surface area contributed by atoms with Gasteiger partial charge in [-0.15, -0.1) is 11.3 Å². The van der Waals surface area contributed by atoms with Gasteiger partial charge in [0.1, 0.15) is 11.1 Å². The van der Waals surface area contributed by atoms with Crippen molar-refractivity contribution in [1.82, 2.24) is 15.2 Å². The number of amides is 1. The van der Waals surface area contributed by atoms with Crippen molar-refractivity contribution in [2.24, 2.45) is 0 Å². The van der Waals surface area contributed by atoms with Crippen LogP contribution in [0.5, 0.6) is 0 Å². The molecule has 0 aliphatic carbocycles. The van der Waals surface area contributed by atoms with Gasteiger partial charge < -0.3 is 20.4 Å². The number of aryl methyl sites for hydroxylation is 1. The van der Waals surface area contributed by atoms with Crippen molar-refractivity contribution in [2.45, 2.75) is 31.6 Å². The van der Waals surface area contributed by atoms with Crippen LogP contribution in [0.15, 0.2) is 48.5 Å². The van der Waals surface area contributed by atoms with Crippen LogP contribution in [0.2, 0.25) is 0 Å². The Kier molecular flexibility index (Phi) is 6.97. The monoisotopic (exact) mass is 413 g/mol. The van der Waals surface area contributed by atoms with Crippen molar-refractivity contribution in [3.05, 3.63) is 64.7 Å². The molecule has 0 saturated carbocycles. The zero-order chi connectivity index (χ0) is 21.0. The van der Waals surface area contributed by atoms with Gasteiger partial charge >= 0.3 is 0 Å². The number of hydrogen-bond acceptors (Lipinski definition) is 6. The number of carbonyl (C=O) groups is 1. The van der Waals surface area contributed by atoms with Gasteiger partial charge in [-0.1, -0.05) is 43.3 Å². The number of benzene rings is 2. The molecule has 6 nitrogen and oxygen atoms in total. The van der Waals surface area contributed by atoms with Gasteiger partial charge in [0.25, 0.3) is 5.91 Å². The molecule has 3 unspecified atom stereocenters. The summed E-state index contributed by atoms with van der Waals surface area (Å²) in [5.74, 6) is -0.617. The number of fused-ring (bicyclic) bond motifs is 1. The summed E-state index contributed by atoms with van der Waals surface area (Å²) in [6.45, 7) is 2.43.